The van der Waals surface area contributed by atoms with Crippen LogP contribution in [0, 0.1) is 5.82 Å². The SMILES string of the molecule is CSC1CCCCC1Nc1c(F)cccc1C(=O)O. The summed E-state index contributed by atoms with van der Waals surface area (Å²) in [4.78, 5) is 11.2. The Kier molecular flexibility index (Phi) is 4.69. The molecule has 0 aliphatic heterocycles. The van der Waals surface area contributed by atoms with E-state index in [2.05, 4.69) is 5.32 Å². The third-order valence-electron chi connectivity index (χ3n) is 3.58. The van der Waals surface area contributed by atoms with E-state index in [1.807, 2.05) is 6.26 Å². The van der Waals surface area contributed by atoms with Gasteiger partial charge in [0, 0.05) is 11.3 Å². The maximum atomic E-state index is 13.9. The molecule has 2 N–H and O–H groups in total. The van der Waals surface area contributed by atoms with Gasteiger partial charge in [0.25, 0.3) is 0 Å². The average molecular weight is 283 g/mol. The molecule has 2 atom stereocenters. The van der Waals surface area contributed by atoms with Crippen molar-refractivity contribution >= 4 is 23.4 Å². The molecule has 1 aliphatic rings. The number of halogens is 1. The summed E-state index contributed by atoms with van der Waals surface area (Å²) in [7, 11) is 0. The molecule has 0 spiro atoms. The fourth-order valence-electron chi connectivity index (χ4n) is 2.58. The van der Waals surface area contributed by atoms with Crippen molar-refractivity contribution in [3.63, 3.8) is 0 Å². The highest BCUT2D eigenvalue weighted by atomic mass is 32.2. The molecular weight excluding hydrogens is 265 g/mol. The molecule has 1 fully saturated rings. The predicted molar refractivity (Wildman–Crippen MR) is 76.5 cm³/mol. The van der Waals surface area contributed by atoms with E-state index in [0.29, 0.717) is 5.25 Å². The van der Waals surface area contributed by atoms with Crippen molar-refractivity contribution in [2.45, 2.75) is 37.0 Å². The number of carboxylic acids is 1. The highest BCUT2D eigenvalue weighted by molar-refractivity contribution is 7.99. The molecule has 1 aromatic rings. The second-order valence-corrected chi connectivity index (χ2v) is 5.85. The summed E-state index contributed by atoms with van der Waals surface area (Å²) in [5.74, 6) is -1.59. The molecule has 5 heteroatoms. The molecule has 19 heavy (non-hydrogen) atoms. The van der Waals surface area contributed by atoms with Gasteiger partial charge < -0.3 is 10.4 Å². The van der Waals surface area contributed by atoms with Gasteiger partial charge in [-0.3, -0.25) is 0 Å². The number of nitrogens with one attached hydrogen (secondary N) is 1. The maximum Gasteiger partial charge on any atom is 0.337 e. The van der Waals surface area contributed by atoms with E-state index in [1.165, 1.54) is 24.6 Å². The number of rotatable bonds is 4. The molecule has 2 rings (SSSR count). The highest BCUT2D eigenvalue weighted by Gasteiger charge is 2.26. The van der Waals surface area contributed by atoms with Gasteiger partial charge in [-0.15, -0.1) is 0 Å². The molecule has 0 amide bonds. The number of hydrogen-bond donors (Lipinski definition) is 2. The van der Waals surface area contributed by atoms with Crippen LogP contribution in [-0.4, -0.2) is 28.6 Å². The van der Waals surface area contributed by atoms with E-state index in [0.717, 1.165) is 19.3 Å². The first-order valence-corrected chi connectivity index (χ1v) is 7.73. The Labute approximate surface area is 116 Å². The molecule has 104 valence electrons. The van der Waals surface area contributed by atoms with E-state index in [4.69, 9.17) is 5.11 Å². The lowest BCUT2D eigenvalue weighted by atomic mass is 9.94. The highest BCUT2D eigenvalue weighted by Crippen LogP contribution is 2.31. The van der Waals surface area contributed by atoms with E-state index < -0.39 is 11.8 Å². The lowest BCUT2D eigenvalue weighted by Crippen LogP contribution is -2.35. The third-order valence-corrected chi connectivity index (χ3v) is 4.75. The number of thioether (sulfide) groups is 1. The van der Waals surface area contributed by atoms with E-state index >= 15 is 0 Å². The Bertz CT molecular complexity index is 467. The molecule has 1 aliphatic carbocycles. The van der Waals surface area contributed by atoms with Gasteiger partial charge in [0.15, 0.2) is 0 Å². The van der Waals surface area contributed by atoms with Gasteiger partial charge in [-0.05, 0) is 31.2 Å². The summed E-state index contributed by atoms with van der Waals surface area (Å²) in [5, 5.41) is 12.7. The lowest BCUT2D eigenvalue weighted by molar-refractivity contribution is 0.0697. The number of benzene rings is 1. The van der Waals surface area contributed by atoms with E-state index in [-0.39, 0.29) is 17.3 Å². The zero-order valence-corrected chi connectivity index (χ0v) is 11.7. The van der Waals surface area contributed by atoms with Gasteiger partial charge in [0.1, 0.15) is 5.82 Å². The zero-order valence-electron chi connectivity index (χ0n) is 10.9. The largest absolute Gasteiger partial charge is 0.478 e. The minimum absolute atomic E-state index is 0.00502. The van der Waals surface area contributed by atoms with Crippen LogP contribution in [0.4, 0.5) is 10.1 Å². The third kappa shape index (κ3) is 3.21. The summed E-state index contributed by atoms with van der Waals surface area (Å²) in [5.41, 5.74) is 0.131. The number of aromatic carboxylic acids is 1. The van der Waals surface area contributed by atoms with Gasteiger partial charge in [-0.25, -0.2) is 9.18 Å². The van der Waals surface area contributed by atoms with Gasteiger partial charge >= 0.3 is 5.97 Å². The molecule has 0 saturated heterocycles. The summed E-state index contributed by atoms with van der Waals surface area (Å²) < 4.78 is 13.9. The average Bonchev–Trinajstić information content (AvgIpc) is 2.41. The molecule has 2 unspecified atom stereocenters. The smallest absolute Gasteiger partial charge is 0.337 e. The Morgan fingerprint density at radius 2 is 2.16 bits per heavy atom. The van der Waals surface area contributed by atoms with E-state index in [1.54, 1.807) is 11.8 Å². The Balaban J connectivity index is 2.24. The van der Waals surface area contributed by atoms with Crippen molar-refractivity contribution < 1.29 is 14.3 Å². The number of hydrogen-bond acceptors (Lipinski definition) is 3. The van der Waals surface area contributed by atoms with Crippen LogP contribution in [0.15, 0.2) is 18.2 Å². The Morgan fingerprint density at radius 1 is 1.42 bits per heavy atom. The van der Waals surface area contributed by atoms with E-state index in [9.17, 15) is 9.18 Å². The van der Waals surface area contributed by atoms with Crippen LogP contribution in [0.3, 0.4) is 0 Å². The fraction of sp³-hybridized carbons (Fsp3) is 0.500. The minimum Gasteiger partial charge on any atom is -0.478 e. The van der Waals surface area contributed by atoms with Crippen LogP contribution in [0.5, 0.6) is 0 Å². The van der Waals surface area contributed by atoms with Crippen molar-refractivity contribution in [1.82, 2.24) is 0 Å². The first-order chi connectivity index (χ1) is 9.13. The van der Waals surface area contributed by atoms with Crippen LogP contribution in [0.1, 0.15) is 36.0 Å². The molecule has 0 heterocycles. The molecule has 0 radical (unpaired) electrons. The van der Waals surface area contributed by atoms with Gasteiger partial charge in [0.2, 0.25) is 0 Å². The second-order valence-electron chi connectivity index (χ2n) is 4.78. The molecule has 0 aromatic heterocycles. The zero-order chi connectivity index (χ0) is 13.8. The van der Waals surface area contributed by atoms with Crippen LogP contribution < -0.4 is 5.32 Å². The molecule has 1 aromatic carbocycles. The van der Waals surface area contributed by atoms with Crippen LogP contribution >= 0.6 is 11.8 Å². The standard InChI is InChI=1S/C14H18FNO2S/c1-19-12-8-3-2-7-11(12)16-13-9(14(17)18)5-4-6-10(13)15/h4-6,11-12,16H,2-3,7-8H2,1H3,(H,17,18). The summed E-state index contributed by atoms with van der Waals surface area (Å²) >= 11 is 1.76. The fourth-order valence-corrected chi connectivity index (χ4v) is 3.51. The van der Waals surface area contributed by atoms with Crippen molar-refractivity contribution in [2.75, 3.05) is 11.6 Å². The summed E-state index contributed by atoms with van der Waals surface area (Å²) in [6, 6.07) is 4.30. The monoisotopic (exact) mass is 283 g/mol. The first kappa shape index (κ1) is 14.2. The Hall–Kier alpha value is -1.23. The van der Waals surface area contributed by atoms with Crippen LogP contribution in [0.25, 0.3) is 0 Å². The summed E-state index contributed by atoms with van der Waals surface area (Å²) in [6.07, 6.45) is 6.39. The molecule has 0 bridgehead atoms. The number of carboxylic acid groups (broad SMARTS) is 1. The van der Waals surface area contributed by atoms with Gasteiger partial charge in [-0.2, -0.15) is 11.8 Å². The molecule has 3 nitrogen and oxygen atoms in total. The predicted octanol–water partition coefficient (Wildman–Crippen LogP) is 3.61. The maximum absolute atomic E-state index is 13.9. The number of anilines is 1. The number of carbonyl (C=O) groups is 1. The van der Waals surface area contributed by atoms with Crippen LogP contribution in [0.2, 0.25) is 0 Å². The van der Waals surface area contributed by atoms with Crippen LogP contribution in [-0.2, 0) is 0 Å². The van der Waals surface area contributed by atoms with Gasteiger partial charge in [-0.1, -0.05) is 18.9 Å². The van der Waals surface area contributed by atoms with Gasteiger partial charge in [0.05, 0.1) is 11.3 Å². The molecular formula is C14H18FNO2S. The lowest BCUT2D eigenvalue weighted by Gasteiger charge is -2.32. The van der Waals surface area contributed by atoms with Crippen molar-refractivity contribution in [3.05, 3.63) is 29.6 Å². The van der Waals surface area contributed by atoms with Crippen molar-refractivity contribution in [3.8, 4) is 0 Å². The normalized spacial score (nSPS) is 23.1. The first-order valence-electron chi connectivity index (χ1n) is 6.44. The van der Waals surface area contributed by atoms with Crippen molar-refractivity contribution in [1.29, 1.82) is 0 Å². The topological polar surface area (TPSA) is 49.3 Å². The second kappa shape index (κ2) is 6.28. The summed E-state index contributed by atoms with van der Waals surface area (Å²) in [6.45, 7) is 0. The quantitative estimate of drug-likeness (QED) is 0.886. The molecule has 1 saturated carbocycles. The number of para-hydroxylation sites is 1. The Morgan fingerprint density at radius 3 is 2.84 bits per heavy atom. The minimum atomic E-state index is -1.10. The van der Waals surface area contributed by atoms with Crippen molar-refractivity contribution in [2.24, 2.45) is 0 Å².